The lowest BCUT2D eigenvalue weighted by Gasteiger charge is -2.35. The van der Waals surface area contributed by atoms with Crippen LogP contribution in [0.3, 0.4) is 0 Å². The Morgan fingerprint density at radius 1 is 1.14 bits per heavy atom. The molecule has 7 heteroatoms. The summed E-state index contributed by atoms with van der Waals surface area (Å²) in [5.41, 5.74) is 0. The minimum atomic E-state index is -0.798. The van der Waals surface area contributed by atoms with Gasteiger partial charge in [-0.05, 0) is 38.5 Å². The van der Waals surface area contributed by atoms with Crippen LogP contribution in [0.25, 0.3) is 0 Å². The highest BCUT2D eigenvalue weighted by Gasteiger charge is 2.35. The molecule has 1 saturated carbocycles. The number of nitrogens with zero attached hydrogens (tertiary/aromatic N) is 1. The second-order valence-corrected chi connectivity index (χ2v) is 5.81. The van der Waals surface area contributed by atoms with Crippen LogP contribution in [0.1, 0.15) is 38.5 Å². The van der Waals surface area contributed by atoms with Crippen LogP contribution in [0.2, 0.25) is 0 Å². The van der Waals surface area contributed by atoms with Crippen LogP contribution < -0.4 is 10.6 Å². The highest BCUT2D eigenvalue weighted by atomic mass is 16.4. The van der Waals surface area contributed by atoms with Gasteiger partial charge in [0.15, 0.2) is 0 Å². The number of likely N-dealkylation sites (N-methyl/N-ethyl adjacent to an activating group) is 1. The average molecular weight is 297 g/mol. The first-order valence-electron chi connectivity index (χ1n) is 7.54. The summed E-state index contributed by atoms with van der Waals surface area (Å²) in [6, 6.07) is -0.773. The van der Waals surface area contributed by atoms with Gasteiger partial charge in [-0.2, -0.15) is 0 Å². The zero-order valence-corrected chi connectivity index (χ0v) is 12.3. The van der Waals surface area contributed by atoms with Crippen molar-refractivity contribution in [1.29, 1.82) is 0 Å². The minimum Gasteiger partial charge on any atom is -0.481 e. The van der Waals surface area contributed by atoms with Gasteiger partial charge in [-0.25, -0.2) is 4.79 Å². The summed E-state index contributed by atoms with van der Waals surface area (Å²) in [6.07, 6.45) is 4.26. The lowest BCUT2D eigenvalue weighted by Crippen LogP contribution is -2.55. The summed E-state index contributed by atoms with van der Waals surface area (Å²) in [4.78, 5) is 36.7. The molecule has 1 saturated heterocycles. The summed E-state index contributed by atoms with van der Waals surface area (Å²) in [5.74, 6) is -1.31. The number of piperidine rings is 1. The molecule has 3 unspecified atom stereocenters. The molecule has 0 aromatic rings. The lowest BCUT2D eigenvalue weighted by atomic mass is 10.0. The maximum atomic E-state index is 12.3. The predicted octanol–water partition coefficient (Wildman–Crippen LogP) is 0.550. The molecule has 3 N–H and O–H groups in total. The number of carboxylic acids is 1. The molecule has 2 aliphatic rings. The third-order valence-corrected chi connectivity index (χ3v) is 4.42. The van der Waals surface area contributed by atoms with Gasteiger partial charge in [-0.3, -0.25) is 9.59 Å². The van der Waals surface area contributed by atoms with Crippen LogP contribution in [0.4, 0.5) is 4.79 Å². The van der Waals surface area contributed by atoms with Gasteiger partial charge in [-0.15, -0.1) is 0 Å². The highest BCUT2D eigenvalue weighted by molar-refractivity contribution is 5.87. The van der Waals surface area contributed by atoms with Crippen LogP contribution in [-0.2, 0) is 9.59 Å². The van der Waals surface area contributed by atoms with Crippen LogP contribution in [0.15, 0.2) is 0 Å². The van der Waals surface area contributed by atoms with Gasteiger partial charge in [0.2, 0.25) is 5.91 Å². The number of carboxylic acid groups (broad SMARTS) is 1. The predicted molar refractivity (Wildman–Crippen MR) is 75.7 cm³/mol. The molecule has 118 valence electrons. The van der Waals surface area contributed by atoms with E-state index < -0.39 is 12.0 Å². The van der Waals surface area contributed by atoms with E-state index in [1.54, 1.807) is 11.9 Å². The number of carbonyl (C=O) groups is 3. The number of aliphatic carboxylic acids is 1. The van der Waals surface area contributed by atoms with Crippen molar-refractivity contribution in [1.82, 2.24) is 15.5 Å². The monoisotopic (exact) mass is 297 g/mol. The summed E-state index contributed by atoms with van der Waals surface area (Å²) in [7, 11) is 1.57. The molecule has 2 fully saturated rings. The number of hydrogen-bond acceptors (Lipinski definition) is 3. The van der Waals surface area contributed by atoms with Crippen molar-refractivity contribution < 1.29 is 19.5 Å². The Hall–Kier alpha value is -1.79. The Balaban J connectivity index is 1.92. The minimum absolute atomic E-state index is 0.106. The molecule has 2 rings (SSSR count). The zero-order valence-electron chi connectivity index (χ0n) is 12.3. The first kappa shape index (κ1) is 15.6. The van der Waals surface area contributed by atoms with Crippen molar-refractivity contribution in [2.24, 2.45) is 5.92 Å². The van der Waals surface area contributed by atoms with Gasteiger partial charge < -0.3 is 20.6 Å². The molecule has 0 aromatic heterocycles. The van der Waals surface area contributed by atoms with E-state index in [1.807, 2.05) is 0 Å². The maximum absolute atomic E-state index is 12.3. The number of amides is 3. The Kier molecular flexibility index (Phi) is 5.03. The number of likely N-dealkylation sites (tertiary alicyclic amines) is 1. The molecule has 0 aromatic carbocycles. The topological polar surface area (TPSA) is 98.7 Å². The van der Waals surface area contributed by atoms with Gasteiger partial charge in [0.05, 0.1) is 5.92 Å². The second kappa shape index (κ2) is 6.78. The van der Waals surface area contributed by atoms with E-state index in [0.29, 0.717) is 32.2 Å². The van der Waals surface area contributed by atoms with Crippen LogP contribution in [0.5, 0.6) is 0 Å². The van der Waals surface area contributed by atoms with Gasteiger partial charge in [-0.1, -0.05) is 0 Å². The van der Waals surface area contributed by atoms with Crippen LogP contribution in [0, 0.1) is 5.92 Å². The largest absolute Gasteiger partial charge is 0.481 e. The van der Waals surface area contributed by atoms with E-state index in [1.165, 1.54) is 0 Å². The summed E-state index contributed by atoms with van der Waals surface area (Å²) in [5, 5.41) is 14.5. The molecule has 0 bridgehead atoms. The Bertz CT molecular complexity index is 426. The maximum Gasteiger partial charge on any atom is 0.318 e. The molecular weight excluding hydrogens is 274 g/mol. The third kappa shape index (κ3) is 3.65. The summed E-state index contributed by atoms with van der Waals surface area (Å²) < 4.78 is 0. The quantitative estimate of drug-likeness (QED) is 0.708. The molecule has 1 aliphatic carbocycles. The molecule has 1 aliphatic heterocycles. The van der Waals surface area contributed by atoms with Gasteiger partial charge in [0.1, 0.15) is 6.04 Å². The average Bonchev–Trinajstić information content (AvgIpc) is 2.95. The summed E-state index contributed by atoms with van der Waals surface area (Å²) in [6.45, 7) is 0.568. The van der Waals surface area contributed by atoms with Crippen LogP contribution >= 0.6 is 0 Å². The molecule has 0 spiro atoms. The molecule has 7 nitrogen and oxygen atoms in total. The van der Waals surface area contributed by atoms with Gasteiger partial charge >= 0.3 is 12.0 Å². The molecule has 3 amide bonds. The van der Waals surface area contributed by atoms with E-state index in [2.05, 4.69) is 10.6 Å². The molecule has 1 heterocycles. The van der Waals surface area contributed by atoms with Crippen molar-refractivity contribution in [3.63, 3.8) is 0 Å². The number of urea groups is 1. The third-order valence-electron chi connectivity index (χ3n) is 4.42. The van der Waals surface area contributed by atoms with Crippen molar-refractivity contribution in [3.05, 3.63) is 0 Å². The normalized spacial score (nSPS) is 29.0. The molecule has 0 radical (unpaired) electrons. The van der Waals surface area contributed by atoms with Crippen LogP contribution in [-0.4, -0.2) is 53.6 Å². The van der Waals surface area contributed by atoms with Crippen molar-refractivity contribution in [3.8, 4) is 0 Å². The highest BCUT2D eigenvalue weighted by Crippen LogP contribution is 2.26. The smallest absolute Gasteiger partial charge is 0.318 e. The lowest BCUT2D eigenvalue weighted by molar-refractivity contribution is -0.141. The van der Waals surface area contributed by atoms with Crippen molar-refractivity contribution in [2.75, 3.05) is 13.6 Å². The van der Waals surface area contributed by atoms with Crippen molar-refractivity contribution >= 4 is 17.9 Å². The van der Waals surface area contributed by atoms with Gasteiger partial charge in [0.25, 0.3) is 0 Å². The fourth-order valence-electron chi connectivity index (χ4n) is 3.21. The zero-order chi connectivity index (χ0) is 15.4. The molecular formula is C14H23N3O4. The van der Waals surface area contributed by atoms with E-state index in [4.69, 9.17) is 5.11 Å². The molecule has 3 atom stereocenters. The molecule has 21 heavy (non-hydrogen) atoms. The van der Waals surface area contributed by atoms with E-state index >= 15 is 0 Å². The number of hydrogen-bond donors (Lipinski definition) is 3. The number of nitrogens with one attached hydrogen (secondary N) is 2. The fraction of sp³-hybridized carbons (Fsp3) is 0.786. The van der Waals surface area contributed by atoms with E-state index in [9.17, 15) is 14.4 Å². The Labute approximate surface area is 124 Å². The van der Waals surface area contributed by atoms with E-state index in [-0.39, 0.29) is 23.9 Å². The first-order valence-corrected chi connectivity index (χ1v) is 7.54. The SMILES string of the molecule is CNC(=O)C1CCCCN1C(=O)NC1CCC(C(=O)O)C1. The number of carbonyl (C=O) groups excluding carboxylic acids is 2. The Morgan fingerprint density at radius 2 is 1.90 bits per heavy atom. The second-order valence-electron chi connectivity index (χ2n) is 5.81. The van der Waals surface area contributed by atoms with Gasteiger partial charge in [0, 0.05) is 19.6 Å². The fourth-order valence-corrected chi connectivity index (χ4v) is 3.21. The Morgan fingerprint density at radius 3 is 2.52 bits per heavy atom. The number of rotatable bonds is 3. The first-order chi connectivity index (χ1) is 10.0. The van der Waals surface area contributed by atoms with Crippen molar-refractivity contribution in [2.45, 2.75) is 50.6 Å². The van der Waals surface area contributed by atoms with E-state index in [0.717, 1.165) is 12.8 Å². The standard InChI is InChI=1S/C14H23N3O4/c1-15-12(18)11-4-2-3-7-17(11)14(21)16-10-6-5-9(8-10)13(19)20/h9-11H,2-8H2,1H3,(H,15,18)(H,16,21)(H,19,20). The summed E-state index contributed by atoms with van der Waals surface area (Å²) >= 11 is 0.